The van der Waals surface area contributed by atoms with Crippen molar-refractivity contribution < 1.29 is 23.0 Å². The number of rotatable bonds is 9. The number of nitrogens with two attached hydrogens (primary N) is 1. The Morgan fingerprint density at radius 1 is 1.29 bits per heavy atom. The van der Waals surface area contributed by atoms with Crippen molar-refractivity contribution in [2.45, 2.75) is 46.4 Å². The smallest absolute Gasteiger partial charge is 0.387 e. The lowest BCUT2D eigenvalue weighted by Crippen LogP contribution is -2.44. The molecule has 2 unspecified atom stereocenters. The predicted octanol–water partition coefficient (Wildman–Crippen LogP) is 3.10. The van der Waals surface area contributed by atoms with E-state index in [9.17, 15) is 13.6 Å². The Labute approximate surface area is 147 Å². The third-order valence-corrected chi connectivity index (χ3v) is 3.55. The summed E-state index contributed by atoms with van der Waals surface area (Å²) in [7, 11) is 0. The molecule has 0 saturated carbocycles. The van der Waals surface area contributed by atoms with Gasteiger partial charge in [0, 0.05) is 6.54 Å². The number of alkyl halides is 2. The van der Waals surface area contributed by atoms with E-state index in [-0.39, 0.29) is 42.3 Å². The highest BCUT2D eigenvalue weighted by Crippen LogP contribution is 2.29. The van der Waals surface area contributed by atoms with E-state index in [2.05, 4.69) is 10.1 Å². The molecule has 1 aromatic rings. The monoisotopic (exact) mass is 366 g/mol. The molecule has 0 spiro atoms. The summed E-state index contributed by atoms with van der Waals surface area (Å²) in [6, 6.07) is 3.98. The number of carbonyl (C=O) groups excluding carboxylic acids is 1. The fourth-order valence-corrected chi connectivity index (χ4v) is 1.94. The van der Waals surface area contributed by atoms with Crippen LogP contribution < -0.4 is 20.5 Å². The molecule has 8 heteroatoms. The summed E-state index contributed by atoms with van der Waals surface area (Å²) in [6.45, 7) is 3.24. The lowest BCUT2D eigenvalue weighted by molar-refractivity contribution is -0.123. The first-order valence-corrected chi connectivity index (χ1v) is 7.62. The fraction of sp³-hybridized carbons (Fsp3) is 0.562. The normalized spacial score (nSPS) is 13.0. The van der Waals surface area contributed by atoms with Crippen LogP contribution >= 0.6 is 12.4 Å². The van der Waals surface area contributed by atoms with Crippen LogP contribution in [0.15, 0.2) is 18.2 Å². The quantitative estimate of drug-likeness (QED) is 0.704. The number of ether oxygens (including phenoxy) is 2. The van der Waals surface area contributed by atoms with Crippen LogP contribution in [-0.2, 0) is 11.3 Å². The zero-order valence-corrected chi connectivity index (χ0v) is 14.9. The standard InChI is InChI=1S/C16H24F2N2O3.ClH/c1-4-10(3)14(19)15(21)20-9-11-6-7-12(23-16(17)18)13(8-11)22-5-2;/h6-8,10,14,16H,4-5,9,19H2,1-3H3,(H,20,21);1H. The molecule has 0 aliphatic rings. The molecule has 0 saturated heterocycles. The van der Waals surface area contributed by atoms with Crippen molar-refractivity contribution in [3.8, 4) is 11.5 Å². The Bertz CT molecular complexity index is 518. The number of amides is 1. The second-order valence-corrected chi connectivity index (χ2v) is 5.22. The average Bonchev–Trinajstić information content (AvgIpc) is 2.53. The highest BCUT2D eigenvalue weighted by Gasteiger charge is 2.19. The Morgan fingerprint density at radius 3 is 2.50 bits per heavy atom. The zero-order chi connectivity index (χ0) is 17.4. The minimum Gasteiger partial charge on any atom is -0.490 e. The number of halogens is 3. The molecule has 0 aliphatic carbocycles. The number of carbonyl (C=O) groups is 1. The van der Waals surface area contributed by atoms with E-state index < -0.39 is 12.7 Å². The summed E-state index contributed by atoms with van der Waals surface area (Å²) in [6.07, 6.45) is 0.808. The first kappa shape index (κ1) is 22.4. The van der Waals surface area contributed by atoms with Gasteiger partial charge in [-0.15, -0.1) is 12.4 Å². The van der Waals surface area contributed by atoms with E-state index in [4.69, 9.17) is 10.5 Å². The van der Waals surface area contributed by atoms with Crippen molar-refractivity contribution in [1.82, 2.24) is 5.32 Å². The van der Waals surface area contributed by atoms with Gasteiger partial charge in [0.05, 0.1) is 12.6 Å². The fourth-order valence-electron chi connectivity index (χ4n) is 1.94. The van der Waals surface area contributed by atoms with Crippen molar-refractivity contribution in [2.75, 3.05) is 6.61 Å². The van der Waals surface area contributed by atoms with E-state index in [1.165, 1.54) is 6.07 Å². The van der Waals surface area contributed by atoms with Gasteiger partial charge in [0.1, 0.15) is 0 Å². The lowest BCUT2D eigenvalue weighted by Gasteiger charge is -2.18. The molecule has 138 valence electrons. The number of hydrogen-bond acceptors (Lipinski definition) is 4. The molecule has 2 atom stereocenters. The highest BCUT2D eigenvalue weighted by molar-refractivity contribution is 5.85. The maximum Gasteiger partial charge on any atom is 0.387 e. The Kier molecular flexibility index (Phi) is 10.3. The Morgan fingerprint density at radius 2 is 1.96 bits per heavy atom. The average molecular weight is 367 g/mol. The molecule has 24 heavy (non-hydrogen) atoms. The lowest BCUT2D eigenvalue weighted by atomic mass is 9.99. The highest BCUT2D eigenvalue weighted by atomic mass is 35.5. The molecular weight excluding hydrogens is 342 g/mol. The molecule has 0 fully saturated rings. The van der Waals surface area contributed by atoms with Gasteiger partial charge < -0.3 is 20.5 Å². The van der Waals surface area contributed by atoms with Crippen molar-refractivity contribution >= 4 is 18.3 Å². The zero-order valence-electron chi connectivity index (χ0n) is 14.1. The first-order chi connectivity index (χ1) is 10.9. The van der Waals surface area contributed by atoms with Crippen LogP contribution in [0, 0.1) is 5.92 Å². The number of hydrogen-bond donors (Lipinski definition) is 2. The maximum absolute atomic E-state index is 12.3. The number of benzene rings is 1. The van der Waals surface area contributed by atoms with E-state index in [0.717, 1.165) is 6.42 Å². The van der Waals surface area contributed by atoms with Gasteiger partial charge in [-0.25, -0.2) is 0 Å². The minimum absolute atomic E-state index is 0. The van der Waals surface area contributed by atoms with Gasteiger partial charge in [-0.2, -0.15) is 8.78 Å². The van der Waals surface area contributed by atoms with E-state index >= 15 is 0 Å². The van der Waals surface area contributed by atoms with Crippen molar-refractivity contribution in [2.24, 2.45) is 11.7 Å². The summed E-state index contributed by atoms with van der Waals surface area (Å²) in [4.78, 5) is 11.9. The molecule has 0 heterocycles. The van der Waals surface area contributed by atoms with Gasteiger partial charge in [-0.1, -0.05) is 26.3 Å². The van der Waals surface area contributed by atoms with Crippen molar-refractivity contribution in [3.63, 3.8) is 0 Å². The SMILES string of the molecule is CCOc1cc(CNC(=O)C(N)C(C)CC)ccc1OC(F)F.Cl. The molecule has 5 nitrogen and oxygen atoms in total. The van der Waals surface area contributed by atoms with Crippen molar-refractivity contribution in [3.05, 3.63) is 23.8 Å². The summed E-state index contributed by atoms with van der Waals surface area (Å²) in [5.74, 6) is 0.0139. The molecule has 0 bridgehead atoms. The van der Waals surface area contributed by atoms with Gasteiger partial charge >= 0.3 is 6.61 Å². The van der Waals surface area contributed by atoms with Crippen LogP contribution in [0.4, 0.5) is 8.78 Å². The minimum atomic E-state index is -2.92. The van der Waals surface area contributed by atoms with Crippen LogP contribution in [0.25, 0.3) is 0 Å². The molecule has 0 radical (unpaired) electrons. The van der Waals surface area contributed by atoms with Gasteiger partial charge in [0.25, 0.3) is 0 Å². The van der Waals surface area contributed by atoms with Crippen molar-refractivity contribution in [1.29, 1.82) is 0 Å². The molecule has 1 amide bonds. The molecule has 0 aromatic heterocycles. The summed E-state index contributed by atoms with van der Waals surface area (Å²) in [5, 5.41) is 2.74. The van der Waals surface area contributed by atoms with E-state index in [1.54, 1.807) is 19.1 Å². The third-order valence-electron chi connectivity index (χ3n) is 3.55. The van der Waals surface area contributed by atoms with Gasteiger partial charge in [0.2, 0.25) is 5.91 Å². The Balaban J connectivity index is 0.00000529. The second-order valence-electron chi connectivity index (χ2n) is 5.22. The molecule has 3 N–H and O–H groups in total. The molecule has 1 rings (SSSR count). The van der Waals surface area contributed by atoms with Crippen LogP contribution in [-0.4, -0.2) is 25.2 Å². The van der Waals surface area contributed by atoms with E-state index in [0.29, 0.717) is 12.2 Å². The van der Waals surface area contributed by atoms with E-state index in [1.807, 2.05) is 13.8 Å². The van der Waals surface area contributed by atoms with Crippen LogP contribution in [0.3, 0.4) is 0 Å². The van der Waals surface area contributed by atoms with Crippen LogP contribution in [0.1, 0.15) is 32.8 Å². The third kappa shape index (κ3) is 6.88. The first-order valence-electron chi connectivity index (χ1n) is 7.62. The summed E-state index contributed by atoms with van der Waals surface area (Å²) >= 11 is 0. The summed E-state index contributed by atoms with van der Waals surface area (Å²) < 4.78 is 34.4. The largest absolute Gasteiger partial charge is 0.490 e. The topological polar surface area (TPSA) is 73.6 Å². The van der Waals surface area contributed by atoms with Crippen LogP contribution in [0.5, 0.6) is 11.5 Å². The molecule has 1 aromatic carbocycles. The number of nitrogens with one attached hydrogen (secondary N) is 1. The van der Waals surface area contributed by atoms with Gasteiger partial charge in [0.15, 0.2) is 11.5 Å². The van der Waals surface area contributed by atoms with Crippen LogP contribution in [0.2, 0.25) is 0 Å². The van der Waals surface area contributed by atoms with Gasteiger partial charge in [-0.3, -0.25) is 4.79 Å². The molecular formula is C16H25ClF2N2O3. The maximum atomic E-state index is 12.3. The predicted molar refractivity (Wildman–Crippen MR) is 90.8 cm³/mol. The Hall–Kier alpha value is -1.60. The summed E-state index contributed by atoms with van der Waals surface area (Å²) in [5.41, 5.74) is 6.56. The second kappa shape index (κ2) is 11.0. The van der Waals surface area contributed by atoms with Gasteiger partial charge in [-0.05, 0) is 30.5 Å². The molecule has 0 aliphatic heterocycles.